The molecule has 0 saturated heterocycles. The normalized spacial score (nSPS) is 10.9. The minimum atomic E-state index is -2.84. The van der Waals surface area contributed by atoms with E-state index < -0.39 is 6.61 Å². The van der Waals surface area contributed by atoms with Gasteiger partial charge in [0, 0.05) is 46.1 Å². The summed E-state index contributed by atoms with van der Waals surface area (Å²) in [7, 11) is 3.51. The van der Waals surface area contributed by atoms with Gasteiger partial charge in [-0.15, -0.1) is 24.0 Å². The lowest BCUT2D eigenvalue weighted by Crippen LogP contribution is -2.42. The van der Waals surface area contributed by atoms with Crippen LogP contribution in [-0.2, 0) is 6.54 Å². The predicted molar refractivity (Wildman–Crippen MR) is 118 cm³/mol. The number of halogens is 3. The van der Waals surface area contributed by atoms with Gasteiger partial charge >= 0.3 is 6.61 Å². The fraction of sp³-hybridized carbons (Fsp3) is 0.316. The molecule has 0 aliphatic carbocycles. The van der Waals surface area contributed by atoms with Crippen molar-refractivity contribution >= 4 is 35.8 Å². The van der Waals surface area contributed by atoms with Gasteiger partial charge in [0.05, 0.1) is 5.56 Å². The smallest absolute Gasteiger partial charge is 0.387 e. The molecule has 0 radical (unpaired) electrons. The molecular weight excluding hydrogens is 495 g/mol. The number of pyridine rings is 1. The molecule has 2 N–H and O–H groups in total. The van der Waals surface area contributed by atoms with E-state index in [1.165, 1.54) is 18.3 Å². The number of alkyl halides is 2. The van der Waals surface area contributed by atoms with Gasteiger partial charge in [0.2, 0.25) is 0 Å². The van der Waals surface area contributed by atoms with Gasteiger partial charge in [0.1, 0.15) is 5.75 Å². The summed E-state index contributed by atoms with van der Waals surface area (Å²) in [6.45, 7) is -1.41. The molecule has 29 heavy (non-hydrogen) atoms. The van der Waals surface area contributed by atoms with Gasteiger partial charge in [-0.25, -0.2) is 0 Å². The van der Waals surface area contributed by atoms with Gasteiger partial charge in [-0.05, 0) is 29.8 Å². The Bertz CT molecular complexity index is 776. The number of hydrogen-bond acceptors (Lipinski definition) is 4. The van der Waals surface area contributed by atoms with E-state index >= 15 is 0 Å². The van der Waals surface area contributed by atoms with Crippen molar-refractivity contribution in [1.82, 2.24) is 20.5 Å². The Balaban J connectivity index is 0.00000420. The zero-order chi connectivity index (χ0) is 20.4. The first-order valence-electron chi connectivity index (χ1n) is 8.63. The second-order valence-electron chi connectivity index (χ2n) is 5.85. The Kier molecular flexibility index (Phi) is 10.9. The van der Waals surface area contributed by atoms with Crippen LogP contribution in [0.1, 0.15) is 15.9 Å². The lowest BCUT2D eigenvalue weighted by Gasteiger charge is -2.22. The molecule has 2 aromatic rings. The van der Waals surface area contributed by atoms with Crippen LogP contribution in [0.15, 0.2) is 53.8 Å². The number of nitrogens with one attached hydrogen (secondary N) is 2. The summed E-state index contributed by atoms with van der Waals surface area (Å²) in [5.41, 5.74) is 1.42. The SMILES string of the molecule is CN=C(NCCNC(=O)c1cccnc1)N(C)Cc1ccc(OC(F)F)cc1.I. The highest BCUT2D eigenvalue weighted by Crippen LogP contribution is 2.15. The van der Waals surface area contributed by atoms with Crippen LogP contribution in [0.5, 0.6) is 5.75 Å². The van der Waals surface area contributed by atoms with Crippen molar-refractivity contribution in [2.45, 2.75) is 13.2 Å². The first kappa shape index (κ1) is 24.5. The first-order chi connectivity index (χ1) is 13.5. The maximum atomic E-state index is 12.2. The lowest BCUT2D eigenvalue weighted by atomic mass is 10.2. The standard InChI is InChI=1S/C19H23F2N5O2.HI/c1-22-19(25-11-10-24-17(27)15-4-3-9-23-12-15)26(2)13-14-5-7-16(8-6-14)28-18(20)21;/h3-9,12,18H,10-11,13H2,1-2H3,(H,22,25)(H,24,27);1H. The van der Waals surface area contributed by atoms with Crippen molar-refractivity contribution in [3.8, 4) is 5.75 Å². The van der Waals surface area contributed by atoms with E-state index in [1.807, 2.05) is 11.9 Å². The van der Waals surface area contributed by atoms with E-state index in [1.54, 1.807) is 37.5 Å². The van der Waals surface area contributed by atoms with Gasteiger partial charge in [-0.3, -0.25) is 14.8 Å². The first-order valence-corrected chi connectivity index (χ1v) is 8.63. The Morgan fingerprint density at radius 3 is 2.48 bits per heavy atom. The van der Waals surface area contributed by atoms with Crippen LogP contribution >= 0.6 is 24.0 Å². The minimum absolute atomic E-state index is 0. The number of aromatic nitrogens is 1. The molecule has 0 saturated carbocycles. The zero-order valence-corrected chi connectivity index (χ0v) is 18.5. The molecule has 10 heteroatoms. The average molecular weight is 519 g/mol. The summed E-state index contributed by atoms with van der Waals surface area (Å²) in [5, 5.41) is 5.95. The van der Waals surface area contributed by atoms with Gasteiger partial charge in [-0.2, -0.15) is 8.78 Å². The topological polar surface area (TPSA) is 78.8 Å². The summed E-state index contributed by atoms with van der Waals surface area (Å²) in [4.78, 5) is 21.9. The van der Waals surface area contributed by atoms with Crippen LogP contribution < -0.4 is 15.4 Å². The largest absolute Gasteiger partial charge is 0.435 e. The summed E-state index contributed by atoms with van der Waals surface area (Å²) >= 11 is 0. The molecule has 0 unspecified atom stereocenters. The van der Waals surface area contributed by atoms with Gasteiger partial charge in [0.15, 0.2) is 5.96 Å². The Morgan fingerprint density at radius 1 is 1.21 bits per heavy atom. The van der Waals surface area contributed by atoms with Crippen molar-refractivity contribution in [2.24, 2.45) is 4.99 Å². The minimum Gasteiger partial charge on any atom is -0.435 e. The molecule has 1 aromatic carbocycles. The van der Waals surface area contributed by atoms with Crippen molar-refractivity contribution in [1.29, 1.82) is 0 Å². The monoisotopic (exact) mass is 519 g/mol. The highest BCUT2D eigenvalue weighted by molar-refractivity contribution is 14.0. The van der Waals surface area contributed by atoms with Crippen LogP contribution in [0.2, 0.25) is 0 Å². The fourth-order valence-electron chi connectivity index (χ4n) is 2.46. The summed E-state index contributed by atoms with van der Waals surface area (Å²) < 4.78 is 28.7. The second-order valence-corrected chi connectivity index (χ2v) is 5.85. The van der Waals surface area contributed by atoms with E-state index in [9.17, 15) is 13.6 Å². The van der Waals surface area contributed by atoms with Gasteiger partial charge in [0.25, 0.3) is 5.91 Å². The molecule has 0 aliphatic rings. The number of nitrogens with zero attached hydrogens (tertiary/aromatic N) is 3. The van der Waals surface area contributed by atoms with Gasteiger partial charge < -0.3 is 20.3 Å². The molecule has 0 atom stereocenters. The van der Waals surface area contributed by atoms with E-state index in [-0.39, 0.29) is 35.6 Å². The molecule has 2 rings (SSSR count). The fourth-order valence-corrected chi connectivity index (χ4v) is 2.46. The van der Waals surface area contributed by atoms with E-state index in [0.717, 1.165) is 5.56 Å². The molecule has 1 aromatic heterocycles. The van der Waals surface area contributed by atoms with Crippen LogP contribution in [-0.4, -0.2) is 55.5 Å². The number of ether oxygens (including phenoxy) is 1. The van der Waals surface area contributed by atoms with E-state index in [2.05, 4.69) is 25.3 Å². The Hall–Kier alpha value is -2.50. The highest BCUT2D eigenvalue weighted by Gasteiger charge is 2.09. The quantitative estimate of drug-likeness (QED) is 0.243. The van der Waals surface area contributed by atoms with Crippen LogP contribution in [0.4, 0.5) is 8.78 Å². The number of carbonyl (C=O) groups is 1. The van der Waals surface area contributed by atoms with Crippen molar-refractivity contribution < 1.29 is 18.3 Å². The molecule has 1 heterocycles. The lowest BCUT2D eigenvalue weighted by molar-refractivity contribution is -0.0498. The van der Waals surface area contributed by atoms with Crippen LogP contribution in [0.25, 0.3) is 0 Å². The average Bonchev–Trinajstić information content (AvgIpc) is 2.69. The second kappa shape index (κ2) is 12.9. The van der Waals surface area contributed by atoms with Crippen LogP contribution in [0, 0.1) is 0 Å². The number of hydrogen-bond donors (Lipinski definition) is 2. The third kappa shape index (κ3) is 8.59. The molecule has 7 nitrogen and oxygen atoms in total. The number of carbonyl (C=O) groups excluding carboxylic acids is 1. The van der Waals surface area contributed by atoms with Crippen molar-refractivity contribution in [3.63, 3.8) is 0 Å². The molecule has 158 valence electrons. The molecular formula is C19H24F2IN5O2. The number of guanidine groups is 1. The maximum absolute atomic E-state index is 12.2. The van der Waals surface area contributed by atoms with Gasteiger partial charge in [-0.1, -0.05) is 12.1 Å². The Labute approximate surface area is 185 Å². The number of aliphatic imine (C=N–C) groups is 1. The predicted octanol–water partition coefficient (Wildman–Crippen LogP) is 2.74. The number of amides is 1. The molecule has 0 spiro atoms. The van der Waals surface area contributed by atoms with Crippen molar-refractivity contribution in [2.75, 3.05) is 27.2 Å². The van der Waals surface area contributed by atoms with Crippen molar-refractivity contribution in [3.05, 3.63) is 59.9 Å². The molecule has 1 amide bonds. The maximum Gasteiger partial charge on any atom is 0.387 e. The van der Waals surface area contributed by atoms with E-state index in [0.29, 0.717) is 31.2 Å². The molecule has 0 fully saturated rings. The summed E-state index contributed by atoms with van der Waals surface area (Å²) in [6.07, 6.45) is 3.12. The van der Waals surface area contributed by atoms with Crippen LogP contribution in [0.3, 0.4) is 0 Å². The summed E-state index contributed by atoms with van der Waals surface area (Å²) in [6, 6.07) is 9.83. The number of rotatable bonds is 8. The molecule has 0 aliphatic heterocycles. The Morgan fingerprint density at radius 2 is 1.90 bits per heavy atom. The third-order valence-electron chi connectivity index (χ3n) is 3.76. The third-order valence-corrected chi connectivity index (χ3v) is 3.76. The van der Waals surface area contributed by atoms with E-state index in [4.69, 9.17) is 0 Å². The highest BCUT2D eigenvalue weighted by atomic mass is 127. The molecule has 0 bridgehead atoms. The zero-order valence-electron chi connectivity index (χ0n) is 16.1. The summed E-state index contributed by atoms with van der Waals surface area (Å²) in [5.74, 6) is 0.571. The number of benzene rings is 1.